The van der Waals surface area contributed by atoms with Crippen molar-refractivity contribution in [2.45, 2.75) is 45.7 Å². The normalized spacial score (nSPS) is 13.6. The van der Waals surface area contributed by atoms with Gasteiger partial charge in [-0.3, -0.25) is 14.5 Å². The van der Waals surface area contributed by atoms with E-state index < -0.39 is 5.97 Å². The molecule has 122 valence electrons. The average molecular weight is 307 g/mol. The highest BCUT2D eigenvalue weighted by Crippen LogP contribution is 2.24. The molecule has 5 nitrogen and oxygen atoms in total. The van der Waals surface area contributed by atoms with Crippen LogP contribution in [0.4, 0.5) is 0 Å². The highest BCUT2D eigenvalue weighted by molar-refractivity contribution is 5.71. The van der Waals surface area contributed by atoms with Crippen LogP contribution in [-0.4, -0.2) is 41.1 Å². The topological polar surface area (TPSA) is 66.8 Å². The van der Waals surface area contributed by atoms with Crippen LogP contribution in [0, 0.1) is 0 Å². The molecule has 0 aliphatic carbocycles. The Labute approximate surface area is 131 Å². The van der Waals surface area contributed by atoms with E-state index in [2.05, 4.69) is 0 Å². The Balaban J connectivity index is 2.84. The molecule has 1 N–H and O–H groups in total. The molecule has 0 bridgehead atoms. The van der Waals surface area contributed by atoms with Crippen LogP contribution in [0.3, 0.4) is 0 Å². The summed E-state index contributed by atoms with van der Waals surface area (Å²) >= 11 is 0. The fourth-order valence-electron chi connectivity index (χ4n) is 2.45. The van der Waals surface area contributed by atoms with Crippen molar-refractivity contribution in [2.75, 3.05) is 13.2 Å². The lowest BCUT2D eigenvalue weighted by Gasteiger charge is -2.34. The van der Waals surface area contributed by atoms with Gasteiger partial charge in [0.1, 0.15) is 0 Å². The van der Waals surface area contributed by atoms with Gasteiger partial charge in [-0.15, -0.1) is 0 Å². The zero-order chi connectivity index (χ0) is 16.5. The first kappa shape index (κ1) is 18.2. The Bertz CT molecular complexity index is 475. The molecule has 2 atom stereocenters. The smallest absolute Gasteiger partial charge is 0.320 e. The van der Waals surface area contributed by atoms with E-state index in [0.717, 1.165) is 5.56 Å². The third kappa shape index (κ3) is 5.85. The van der Waals surface area contributed by atoms with E-state index in [9.17, 15) is 9.59 Å². The first-order valence-corrected chi connectivity index (χ1v) is 7.63. The maximum Gasteiger partial charge on any atom is 0.320 e. The summed E-state index contributed by atoms with van der Waals surface area (Å²) in [4.78, 5) is 24.6. The Morgan fingerprint density at radius 3 is 2.41 bits per heavy atom. The van der Waals surface area contributed by atoms with Crippen LogP contribution in [0.25, 0.3) is 0 Å². The van der Waals surface area contributed by atoms with Crippen molar-refractivity contribution in [3.05, 3.63) is 35.9 Å². The lowest BCUT2D eigenvalue weighted by Crippen LogP contribution is -2.40. The van der Waals surface area contributed by atoms with Gasteiger partial charge < -0.3 is 9.84 Å². The second-order valence-corrected chi connectivity index (χ2v) is 5.35. The molecule has 0 aliphatic rings. The number of hydrogen-bond acceptors (Lipinski definition) is 4. The van der Waals surface area contributed by atoms with E-state index in [4.69, 9.17) is 9.84 Å². The zero-order valence-electron chi connectivity index (χ0n) is 13.5. The summed E-state index contributed by atoms with van der Waals surface area (Å²) in [6.07, 6.45) is 0.577. The van der Waals surface area contributed by atoms with Crippen LogP contribution in [-0.2, 0) is 14.3 Å². The van der Waals surface area contributed by atoms with Crippen molar-refractivity contribution in [2.24, 2.45) is 0 Å². The Morgan fingerprint density at radius 1 is 1.23 bits per heavy atom. The molecule has 0 heterocycles. The predicted octanol–water partition coefficient (Wildman–Crippen LogP) is 2.87. The minimum Gasteiger partial charge on any atom is -0.481 e. The first-order chi connectivity index (χ1) is 10.5. The second kappa shape index (κ2) is 9.20. The summed E-state index contributed by atoms with van der Waals surface area (Å²) in [5.74, 6) is -1.11. The zero-order valence-corrected chi connectivity index (χ0v) is 13.5. The predicted molar refractivity (Wildman–Crippen MR) is 84.5 cm³/mol. The van der Waals surface area contributed by atoms with Crippen LogP contribution in [0.5, 0.6) is 0 Å². The van der Waals surface area contributed by atoms with Gasteiger partial charge in [0, 0.05) is 18.5 Å². The molecule has 0 aromatic heterocycles. The fourth-order valence-corrected chi connectivity index (χ4v) is 2.45. The lowest BCUT2D eigenvalue weighted by atomic mass is 10.0. The monoisotopic (exact) mass is 307 g/mol. The van der Waals surface area contributed by atoms with Gasteiger partial charge in [-0.25, -0.2) is 0 Å². The van der Waals surface area contributed by atoms with Crippen molar-refractivity contribution >= 4 is 11.9 Å². The van der Waals surface area contributed by atoms with Crippen molar-refractivity contribution in [3.63, 3.8) is 0 Å². The fraction of sp³-hybridized carbons (Fsp3) is 0.529. The number of carboxylic acid groups (broad SMARTS) is 1. The minimum atomic E-state index is -0.824. The van der Waals surface area contributed by atoms with E-state index in [1.165, 1.54) is 0 Å². The van der Waals surface area contributed by atoms with Gasteiger partial charge >= 0.3 is 11.9 Å². The van der Waals surface area contributed by atoms with Crippen LogP contribution in [0.1, 0.15) is 45.2 Å². The number of esters is 1. The molecule has 22 heavy (non-hydrogen) atoms. The SMILES string of the molecule is CCOC(=O)CN(C(C)CCC(=O)O)[C@@H](C)c1ccccc1. The standard InChI is InChI=1S/C17H25NO4/c1-4-22-17(21)12-18(13(2)10-11-16(19)20)14(3)15-8-6-5-7-9-15/h5-9,13-14H,4,10-12H2,1-3H3,(H,19,20)/t13?,14-/m0/s1. The molecule has 1 aromatic carbocycles. The number of ether oxygens (including phenoxy) is 1. The quantitative estimate of drug-likeness (QED) is 0.711. The molecule has 0 aliphatic heterocycles. The Hall–Kier alpha value is -1.88. The van der Waals surface area contributed by atoms with Gasteiger partial charge in [0.15, 0.2) is 0 Å². The van der Waals surface area contributed by atoms with Crippen LogP contribution in [0.2, 0.25) is 0 Å². The molecule has 1 aromatic rings. The van der Waals surface area contributed by atoms with Gasteiger partial charge in [0.25, 0.3) is 0 Å². The Morgan fingerprint density at radius 2 is 1.86 bits per heavy atom. The molecule has 0 amide bonds. The lowest BCUT2D eigenvalue weighted by molar-refractivity contribution is -0.145. The molecular weight excluding hydrogens is 282 g/mol. The summed E-state index contributed by atoms with van der Waals surface area (Å²) in [6.45, 7) is 6.24. The third-order valence-electron chi connectivity index (χ3n) is 3.74. The molecule has 0 radical (unpaired) electrons. The van der Waals surface area contributed by atoms with Gasteiger partial charge in [-0.1, -0.05) is 30.3 Å². The number of benzene rings is 1. The van der Waals surface area contributed by atoms with Gasteiger partial charge in [-0.05, 0) is 32.8 Å². The summed E-state index contributed by atoms with van der Waals surface area (Å²) < 4.78 is 5.04. The molecular formula is C17H25NO4. The molecule has 0 saturated heterocycles. The number of carbonyl (C=O) groups is 2. The molecule has 0 spiro atoms. The summed E-state index contributed by atoms with van der Waals surface area (Å²) in [5, 5.41) is 8.86. The maximum atomic E-state index is 11.9. The van der Waals surface area contributed by atoms with Gasteiger partial charge in [0.2, 0.25) is 0 Å². The molecule has 0 saturated carbocycles. The number of carbonyl (C=O) groups excluding carboxylic acids is 1. The van der Waals surface area contributed by atoms with Gasteiger partial charge in [0.05, 0.1) is 13.2 Å². The minimum absolute atomic E-state index is 0.00870. The number of aliphatic carboxylic acids is 1. The molecule has 1 rings (SSSR count). The maximum absolute atomic E-state index is 11.9. The third-order valence-corrected chi connectivity index (χ3v) is 3.74. The van der Waals surface area contributed by atoms with E-state index in [1.807, 2.05) is 49.1 Å². The van der Waals surface area contributed by atoms with Crippen molar-refractivity contribution in [1.29, 1.82) is 0 Å². The van der Waals surface area contributed by atoms with Crippen LogP contribution < -0.4 is 0 Å². The second-order valence-electron chi connectivity index (χ2n) is 5.35. The summed E-state index contributed by atoms with van der Waals surface area (Å²) in [7, 11) is 0. The molecule has 1 unspecified atom stereocenters. The van der Waals surface area contributed by atoms with Crippen molar-refractivity contribution < 1.29 is 19.4 Å². The highest BCUT2D eigenvalue weighted by Gasteiger charge is 2.24. The van der Waals surface area contributed by atoms with Crippen LogP contribution >= 0.6 is 0 Å². The van der Waals surface area contributed by atoms with E-state index in [1.54, 1.807) is 6.92 Å². The van der Waals surface area contributed by atoms with Crippen LogP contribution in [0.15, 0.2) is 30.3 Å². The number of hydrogen-bond donors (Lipinski definition) is 1. The number of nitrogens with zero attached hydrogens (tertiary/aromatic N) is 1. The van der Waals surface area contributed by atoms with Crippen molar-refractivity contribution in [1.82, 2.24) is 4.90 Å². The molecule has 5 heteroatoms. The average Bonchev–Trinajstić information content (AvgIpc) is 2.50. The summed E-state index contributed by atoms with van der Waals surface area (Å²) in [6, 6.07) is 9.84. The largest absolute Gasteiger partial charge is 0.481 e. The van der Waals surface area contributed by atoms with E-state index >= 15 is 0 Å². The summed E-state index contributed by atoms with van der Waals surface area (Å²) in [5.41, 5.74) is 1.09. The number of rotatable bonds is 9. The highest BCUT2D eigenvalue weighted by atomic mass is 16.5. The van der Waals surface area contributed by atoms with E-state index in [0.29, 0.717) is 13.0 Å². The first-order valence-electron chi connectivity index (χ1n) is 7.63. The van der Waals surface area contributed by atoms with E-state index in [-0.39, 0.29) is 31.0 Å². The molecule has 0 fully saturated rings. The van der Waals surface area contributed by atoms with Gasteiger partial charge in [-0.2, -0.15) is 0 Å². The Kier molecular flexibility index (Phi) is 7.60. The number of carboxylic acids is 1. The van der Waals surface area contributed by atoms with Crippen molar-refractivity contribution in [3.8, 4) is 0 Å².